The zero-order valence-electron chi connectivity index (χ0n) is 8.65. The molecule has 2 rings (SSSR count). The number of benzene rings is 1. The quantitative estimate of drug-likeness (QED) is 0.671. The first-order valence-electron chi connectivity index (χ1n) is 5.06. The van der Waals surface area contributed by atoms with Crippen LogP contribution in [0.4, 0.5) is 5.69 Å². The van der Waals surface area contributed by atoms with Crippen LogP contribution in [0.3, 0.4) is 0 Å². The van der Waals surface area contributed by atoms with Gasteiger partial charge in [0.05, 0.1) is 1.37 Å². The van der Waals surface area contributed by atoms with Gasteiger partial charge in [0.25, 0.3) is 0 Å². The average Bonchev–Trinajstić information content (AvgIpc) is 2.52. The number of rotatable bonds is 1. The fourth-order valence-corrected chi connectivity index (χ4v) is 1.58. The molecule has 0 radical (unpaired) electrons. The topological polar surface area (TPSA) is 12.0 Å². The van der Waals surface area contributed by atoms with Gasteiger partial charge in [-0.1, -0.05) is 26.0 Å². The predicted octanol–water partition coefficient (Wildman–Crippen LogP) is 2.78. The molecular weight excluding hydrogens is 146 g/mol. The molecule has 64 valence electrons. The third-order valence-corrected chi connectivity index (χ3v) is 2.36. The first kappa shape index (κ1) is 6.53. The summed E-state index contributed by atoms with van der Waals surface area (Å²) in [4.78, 5) is 0. The summed E-state index contributed by atoms with van der Waals surface area (Å²) < 4.78 is 8.02. The Morgan fingerprint density at radius 3 is 3.08 bits per heavy atom. The van der Waals surface area contributed by atoms with Gasteiger partial charge in [-0.2, -0.15) is 0 Å². The predicted molar refractivity (Wildman–Crippen MR) is 52.7 cm³/mol. The molecule has 0 amide bonds. The summed E-state index contributed by atoms with van der Waals surface area (Å²) in [6.45, 7) is 5.27. The van der Waals surface area contributed by atoms with E-state index in [1.807, 2.05) is 0 Å². The minimum absolute atomic E-state index is 0.457. The summed E-state index contributed by atoms with van der Waals surface area (Å²) in [5, 5.41) is 3.29. The molecule has 0 aromatic heterocycles. The van der Waals surface area contributed by atoms with Crippen molar-refractivity contribution in [3.05, 3.63) is 29.3 Å². The second kappa shape index (κ2) is 2.81. The molecule has 1 aliphatic heterocycles. The second-order valence-electron chi connectivity index (χ2n) is 3.64. The number of nitrogens with one attached hydrogen (secondary N) is 1. The van der Waals surface area contributed by atoms with Crippen LogP contribution in [0.5, 0.6) is 0 Å². The van der Waals surface area contributed by atoms with Crippen molar-refractivity contribution in [2.45, 2.75) is 26.2 Å². The van der Waals surface area contributed by atoms with Crippen molar-refractivity contribution in [2.24, 2.45) is 0 Å². The van der Waals surface area contributed by atoms with Gasteiger partial charge in [0.2, 0.25) is 0 Å². The van der Waals surface area contributed by atoms with Gasteiger partial charge in [-0.3, -0.25) is 0 Å². The lowest BCUT2D eigenvalue weighted by Gasteiger charge is -2.07. The molecule has 0 bridgehead atoms. The van der Waals surface area contributed by atoms with E-state index < -0.39 is 0 Å². The minimum Gasteiger partial charge on any atom is -0.384 e. The van der Waals surface area contributed by atoms with Crippen LogP contribution in [-0.4, -0.2) is 6.54 Å². The second-order valence-corrected chi connectivity index (χ2v) is 3.64. The van der Waals surface area contributed by atoms with Crippen LogP contribution in [0.1, 0.15) is 32.3 Å². The molecule has 0 fully saturated rings. The minimum atomic E-state index is 0.457. The van der Waals surface area contributed by atoms with Crippen molar-refractivity contribution < 1.29 is 1.37 Å². The number of anilines is 1. The normalized spacial score (nSPS) is 15.8. The lowest BCUT2D eigenvalue weighted by atomic mass is 10.00. The molecular formula is C11H15N. The lowest BCUT2D eigenvalue weighted by molar-refractivity contribution is 0.864. The Morgan fingerprint density at radius 1 is 1.50 bits per heavy atom. The van der Waals surface area contributed by atoms with Crippen molar-refractivity contribution in [1.29, 1.82) is 0 Å². The smallest absolute Gasteiger partial charge is 0.0629 e. The molecule has 1 N–H and O–H groups in total. The van der Waals surface area contributed by atoms with Crippen molar-refractivity contribution in [1.82, 2.24) is 0 Å². The Kier molecular flexibility index (Phi) is 1.53. The van der Waals surface area contributed by atoms with Gasteiger partial charge in [0.1, 0.15) is 0 Å². The van der Waals surface area contributed by atoms with Crippen LogP contribution >= 0.6 is 0 Å². The van der Waals surface area contributed by atoms with Gasteiger partial charge in [0.15, 0.2) is 0 Å². The molecule has 0 aliphatic carbocycles. The summed E-state index contributed by atoms with van der Waals surface area (Å²) in [6.07, 6.45) is 1.01. The van der Waals surface area contributed by atoms with Crippen LogP contribution in [0, 0.1) is 0 Å². The van der Waals surface area contributed by atoms with E-state index in [0.29, 0.717) is 5.92 Å². The molecule has 1 aliphatic rings. The standard InChI is InChI=1S/C11H15N/c1-8(2)9-3-4-11-10(7-9)5-6-12-11/h3-4,7-8,12H,5-6H2,1-2H3/i7T. The number of hydrogen-bond donors (Lipinski definition) is 1. The first-order chi connectivity index (χ1) is 6.20. The van der Waals surface area contributed by atoms with Crippen molar-refractivity contribution in [3.8, 4) is 0 Å². The molecule has 1 heterocycles. The van der Waals surface area contributed by atoms with Crippen molar-refractivity contribution in [3.63, 3.8) is 0 Å². The first-order valence-corrected chi connectivity index (χ1v) is 4.56. The maximum absolute atomic E-state index is 8.02. The molecule has 1 heteroatoms. The zero-order chi connectivity index (χ0) is 9.42. The summed E-state index contributed by atoms with van der Waals surface area (Å²) in [5.74, 6) is 0.457. The van der Waals surface area contributed by atoms with Gasteiger partial charge in [-0.15, -0.1) is 0 Å². The lowest BCUT2D eigenvalue weighted by Crippen LogP contribution is -1.90. The van der Waals surface area contributed by atoms with Crippen LogP contribution in [0.25, 0.3) is 0 Å². The average molecular weight is 163 g/mol. The van der Waals surface area contributed by atoms with E-state index >= 15 is 0 Å². The highest BCUT2D eigenvalue weighted by Crippen LogP contribution is 2.25. The van der Waals surface area contributed by atoms with E-state index in [1.54, 1.807) is 0 Å². The van der Waals surface area contributed by atoms with Crippen molar-refractivity contribution >= 4 is 5.69 Å². The van der Waals surface area contributed by atoms with E-state index in [1.165, 1.54) is 11.1 Å². The Hall–Kier alpha value is -0.980. The molecule has 1 aromatic carbocycles. The molecule has 0 saturated heterocycles. The fraction of sp³-hybridized carbons (Fsp3) is 0.455. The molecule has 0 atom stereocenters. The highest BCUT2D eigenvalue weighted by molar-refractivity contribution is 5.56. The van der Waals surface area contributed by atoms with Crippen LogP contribution in [0.2, 0.25) is 0 Å². The largest absolute Gasteiger partial charge is 0.384 e. The van der Waals surface area contributed by atoms with E-state index in [0.717, 1.165) is 24.7 Å². The number of hydrogen-bond acceptors (Lipinski definition) is 1. The Labute approximate surface area is 75.2 Å². The zero-order valence-corrected chi connectivity index (χ0v) is 7.65. The van der Waals surface area contributed by atoms with E-state index in [9.17, 15) is 0 Å². The van der Waals surface area contributed by atoms with Gasteiger partial charge in [0, 0.05) is 12.2 Å². The van der Waals surface area contributed by atoms with Crippen molar-refractivity contribution in [2.75, 3.05) is 11.9 Å². The molecule has 0 unspecified atom stereocenters. The third kappa shape index (κ3) is 1.20. The van der Waals surface area contributed by atoms with Gasteiger partial charge < -0.3 is 5.32 Å². The highest BCUT2D eigenvalue weighted by Gasteiger charge is 2.10. The summed E-state index contributed by atoms with van der Waals surface area (Å²) in [7, 11) is 0. The molecule has 1 nitrogen and oxygen atoms in total. The van der Waals surface area contributed by atoms with E-state index in [-0.39, 0.29) is 0 Å². The number of fused-ring (bicyclic) bond motifs is 1. The summed E-state index contributed by atoms with van der Waals surface area (Å²) in [5.41, 5.74) is 3.53. The monoisotopic (exact) mass is 163 g/mol. The van der Waals surface area contributed by atoms with Gasteiger partial charge >= 0.3 is 0 Å². The molecule has 12 heavy (non-hydrogen) atoms. The third-order valence-electron chi connectivity index (χ3n) is 2.36. The van der Waals surface area contributed by atoms with E-state index in [4.69, 9.17) is 1.37 Å². The molecule has 0 saturated carbocycles. The maximum Gasteiger partial charge on any atom is 0.0629 e. The van der Waals surface area contributed by atoms with Crippen LogP contribution < -0.4 is 5.32 Å². The highest BCUT2D eigenvalue weighted by atomic mass is 14.9. The maximum atomic E-state index is 8.02. The summed E-state index contributed by atoms with van der Waals surface area (Å²) in [6, 6.07) is 4.93. The van der Waals surface area contributed by atoms with Crippen LogP contribution in [-0.2, 0) is 6.42 Å². The van der Waals surface area contributed by atoms with E-state index in [2.05, 4.69) is 31.3 Å². The van der Waals surface area contributed by atoms with Gasteiger partial charge in [-0.25, -0.2) is 0 Å². The summed E-state index contributed by atoms with van der Waals surface area (Å²) >= 11 is 0. The Balaban J connectivity index is 2.52. The fourth-order valence-electron chi connectivity index (χ4n) is 1.58. The van der Waals surface area contributed by atoms with Gasteiger partial charge in [-0.05, 0) is 29.5 Å². The SMILES string of the molecule is [3H]c1c(C(C)C)ccc2c1CCN2. The molecule has 1 aromatic rings. The Morgan fingerprint density at radius 2 is 2.33 bits per heavy atom. The molecule has 0 spiro atoms. The Bertz CT molecular complexity index is 331. The van der Waals surface area contributed by atoms with Crippen LogP contribution in [0.15, 0.2) is 18.2 Å².